The van der Waals surface area contributed by atoms with Gasteiger partial charge in [0.05, 0.1) is 0 Å². The minimum atomic E-state index is 0.635. The number of nitrogens with one attached hydrogen (secondary N) is 1. The van der Waals surface area contributed by atoms with E-state index in [1.807, 2.05) is 0 Å². The Balaban J connectivity index is 3.45. The molecule has 0 aliphatic rings. The number of nitrogens with zero attached hydrogens (tertiary/aromatic N) is 1. The van der Waals surface area contributed by atoms with Crippen molar-refractivity contribution in [3.05, 3.63) is 10.6 Å². The van der Waals surface area contributed by atoms with Crippen LogP contribution in [-0.2, 0) is 0 Å². The van der Waals surface area contributed by atoms with E-state index >= 15 is 0 Å². The molecule has 84 valence electrons. The van der Waals surface area contributed by atoms with Gasteiger partial charge in [0.25, 0.3) is 0 Å². The molecule has 2 nitrogen and oxygen atoms in total. The van der Waals surface area contributed by atoms with E-state index in [1.54, 1.807) is 0 Å². The fraction of sp³-hybridized carbons (Fsp3) is 0.800. The Morgan fingerprint density at radius 2 is 2.21 bits per heavy atom. The van der Waals surface area contributed by atoms with Gasteiger partial charge in [-0.2, -0.15) is 0 Å². The van der Waals surface area contributed by atoms with Gasteiger partial charge in [0, 0.05) is 36.2 Å². The third-order valence-electron chi connectivity index (χ3n) is 2.40. The first-order valence-corrected chi connectivity index (χ1v) is 5.79. The molecule has 0 aliphatic heterocycles. The molecule has 1 N–H and O–H groups in total. The van der Waals surface area contributed by atoms with Crippen molar-refractivity contribution >= 4 is 23.2 Å². The van der Waals surface area contributed by atoms with Gasteiger partial charge in [-0.15, -0.1) is 0 Å². The average molecular weight is 239 g/mol. The van der Waals surface area contributed by atoms with Crippen molar-refractivity contribution in [1.29, 1.82) is 0 Å². The van der Waals surface area contributed by atoms with Crippen molar-refractivity contribution in [2.75, 3.05) is 26.7 Å². The van der Waals surface area contributed by atoms with Crippen LogP contribution >= 0.6 is 23.2 Å². The molecule has 4 heteroatoms. The standard InChI is InChI=1S/C10H20Cl2N2/c1-4-9(2)14(3)6-5-13-8-10(12)7-11/h7,9,13H,4-6,8H2,1-3H3. The maximum Gasteiger partial charge on any atom is 0.0431 e. The first-order chi connectivity index (χ1) is 6.61. The molecule has 0 radical (unpaired) electrons. The van der Waals surface area contributed by atoms with Crippen LogP contribution in [0, 0.1) is 0 Å². The maximum absolute atomic E-state index is 5.72. The van der Waals surface area contributed by atoms with Crippen molar-refractivity contribution in [2.45, 2.75) is 26.3 Å². The molecule has 0 fully saturated rings. The lowest BCUT2D eigenvalue weighted by Gasteiger charge is -2.23. The lowest BCUT2D eigenvalue weighted by Crippen LogP contribution is -2.35. The van der Waals surface area contributed by atoms with Gasteiger partial charge in [0.1, 0.15) is 0 Å². The van der Waals surface area contributed by atoms with Crippen LogP contribution in [0.4, 0.5) is 0 Å². The summed E-state index contributed by atoms with van der Waals surface area (Å²) in [5.74, 6) is 0. The predicted molar refractivity (Wildman–Crippen MR) is 65.0 cm³/mol. The van der Waals surface area contributed by atoms with Gasteiger partial charge in [0.15, 0.2) is 0 Å². The highest BCUT2D eigenvalue weighted by Gasteiger charge is 2.04. The number of hydrogen-bond donors (Lipinski definition) is 1. The molecule has 1 unspecified atom stereocenters. The maximum atomic E-state index is 5.72. The Morgan fingerprint density at radius 1 is 1.57 bits per heavy atom. The largest absolute Gasteiger partial charge is 0.310 e. The predicted octanol–water partition coefficient (Wildman–Crippen LogP) is 2.63. The van der Waals surface area contributed by atoms with Crippen molar-refractivity contribution in [1.82, 2.24) is 10.2 Å². The van der Waals surface area contributed by atoms with Crippen LogP contribution in [0.2, 0.25) is 0 Å². The molecule has 0 aliphatic carbocycles. The third kappa shape index (κ3) is 6.66. The minimum Gasteiger partial charge on any atom is -0.310 e. The molecule has 0 bridgehead atoms. The Hall–Kier alpha value is 0.240. The molecule has 0 spiro atoms. The summed E-state index contributed by atoms with van der Waals surface area (Å²) in [6.45, 7) is 7.04. The quantitative estimate of drug-likeness (QED) is 0.687. The highest BCUT2D eigenvalue weighted by Crippen LogP contribution is 2.01. The molecule has 0 saturated carbocycles. The summed E-state index contributed by atoms with van der Waals surface area (Å²) >= 11 is 11.1. The van der Waals surface area contributed by atoms with E-state index < -0.39 is 0 Å². The van der Waals surface area contributed by atoms with Gasteiger partial charge in [-0.25, -0.2) is 0 Å². The Morgan fingerprint density at radius 3 is 2.71 bits per heavy atom. The lowest BCUT2D eigenvalue weighted by molar-refractivity contribution is 0.253. The molecule has 1 atom stereocenters. The summed E-state index contributed by atoms with van der Waals surface area (Å²) in [6, 6.07) is 0.635. The second kappa shape index (κ2) is 8.54. The fourth-order valence-electron chi connectivity index (χ4n) is 1.03. The van der Waals surface area contributed by atoms with E-state index in [4.69, 9.17) is 23.2 Å². The first kappa shape index (κ1) is 14.2. The van der Waals surface area contributed by atoms with Crippen LogP contribution < -0.4 is 5.32 Å². The molecule has 0 aromatic carbocycles. The number of halogens is 2. The SMILES string of the molecule is CCC(C)N(C)CCNCC(Cl)=CCl. The molecule has 0 heterocycles. The third-order valence-corrected chi connectivity index (χ3v) is 3.01. The second-order valence-corrected chi connectivity index (χ2v) is 4.17. The van der Waals surface area contributed by atoms with Crippen molar-refractivity contribution < 1.29 is 0 Å². The van der Waals surface area contributed by atoms with Gasteiger partial charge < -0.3 is 10.2 Å². The Bertz CT molecular complexity index is 172. The van der Waals surface area contributed by atoms with Gasteiger partial charge in [-0.05, 0) is 20.4 Å². The van der Waals surface area contributed by atoms with Crippen LogP contribution in [0.15, 0.2) is 10.6 Å². The number of rotatable bonds is 7. The molecule has 0 rings (SSSR count). The summed E-state index contributed by atoms with van der Waals surface area (Å²) < 4.78 is 0. The van der Waals surface area contributed by atoms with Crippen LogP contribution in [-0.4, -0.2) is 37.6 Å². The van der Waals surface area contributed by atoms with Gasteiger partial charge in [-0.1, -0.05) is 30.1 Å². The van der Waals surface area contributed by atoms with E-state index in [0.29, 0.717) is 17.6 Å². The summed E-state index contributed by atoms with van der Waals surface area (Å²) in [4.78, 5) is 2.32. The van der Waals surface area contributed by atoms with Crippen LogP contribution in [0.25, 0.3) is 0 Å². The number of likely N-dealkylation sites (N-methyl/N-ethyl adjacent to an activating group) is 1. The van der Waals surface area contributed by atoms with E-state index in [2.05, 4.69) is 31.1 Å². The lowest BCUT2D eigenvalue weighted by atomic mass is 10.2. The molecule has 14 heavy (non-hydrogen) atoms. The highest BCUT2D eigenvalue weighted by atomic mass is 35.5. The Labute approximate surface area is 97.3 Å². The average Bonchev–Trinajstić information content (AvgIpc) is 2.22. The zero-order valence-corrected chi connectivity index (χ0v) is 10.7. The van der Waals surface area contributed by atoms with Crippen LogP contribution in [0.5, 0.6) is 0 Å². The molecular formula is C10H20Cl2N2. The van der Waals surface area contributed by atoms with E-state index in [9.17, 15) is 0 Å². The summed E-state index contributed by atoms with van der Waals surface area (Å²) in [5, 5.41) is 3.87. The van der Waals surface area contributed by atoms with E-state index in [1.165, 1.54) is 12.0 Å². The zero-order chi connectivity index (χ0) is 11.0. The monoisotopic (exact) mass is 238 g/mol. The molecule has 0 aromatic rings. The summed E-state index contributed by atoms with van der Waals surface area (Å²) in [5.41, 5.74) is 1.40. The molecule has 0 amide bonds. The highest BCUT2D eigenvalue weighted by molar-refractivity contribution is 6.36. The van der Waals surface area contributed by atoms with E-state index in [0.717, 1.165) is 13.1 Å². The minimum absolute atomic E-state index is 0.635. The topological polar surface area (TPSA) is 15.3 Å². The number of hydrogen-bond acceptors (Lipinski definition) is 2. The zero-order valence-electron chi connectivity index (χ0n) is 9.19. The van der Waals surface area contributed by atoms with Crippen LogP contribution in [0.1, 0.15) is 20.3 Å². The summed E-state index contributed by atoms with van der Waals surface area (Å²) in [7, 11) is 2.13. The first-order valence-electron chi connectivity index (χ1n) is 4.97. The molecular weight excluding hydrogens is 219 g/mol. The Kier molecular flexibility index (Phi) is 8.69. The fourth-order valence-corrected chi connectivity index (χ4v) is 1.21. The van der Waals surface area contributed by atoms with Crippen molar-refractivity contribution in [2.24, 2.45) is 0 Å². The van der Waals surface area contributed by atoms with Gasteiger partial charge >= 0.3 is 0 Å². The van der Waals surface area contributed by atoms with Crippen molar-refractivity contribution in [3.63, 3.8) is 0 Å². The molecule has 0 saturated heterocycles. The van der Waals surface area contributed by atoms with Crippen molar-refractivity contribution in [3.8, 4) is 0 Å². The molecule has 0 aromatic heterocycles. The summed E-state index contributed by atoms with van der Waals surface area (Å²) in [6.07, 6.45) is 1.18. The van der Waals surface area contributed by atoms with Gasteiger partial charge in [0.2, 0.25) is 0 Å². The smallest absolute Gasteiger partial charge is 0.0431 e. The van der Waals surface area contributed by atoms with E-state index in [-0.39, 0.29) is 0 Å². The van der Waals surface area contributed by atoms with Gasteiger partial charge in [-0.3, -0.25) is 0 Å². The van der Waals surface area contributed by atoms with Crippen LogP contribution in [0.3, 0.4) is 0 Å². The normalized spacial score (nSPS) is 14.9. The second-order valence-electron chi connectivity index (χ2n) is 3.47.